The van der Waals surface area contributed by atoms with Gasteiger partial charge >= 0.3 is 5.69 Å². The lowest BCUT2D eigenvalue weighted by molar-refractivity contribution is -0.134. The summed E-state index contributed by atoms with van der Waals surface area (Å²) in [6.45, 7) is 4.09. The predicted octanol–water partition coefficient (Wildman–Crippen LogP) is 5.83. The highest BCUT2D eigenvalue weighted by atomic mass is 127. The van der Waals surface area contributed by atoms with Crippen LogP contribution in [0, 0.1) is 22.2 Å². The summed E-state index contributed by atoms with van der Waals surface area (Å²) < 4.78 is 19.8. The summed E-state index contributed by atoms with van der Waals surface area (Å²) >= 11 is 2.02. The fraction of sp³-hybridized carbons (Fsp3) is 0.341. The second-order valence-corrected chi connectivity index (χ2v) is 16.0. The Balaban J connectivity index is 1.04. The molecule has 14 heteroatoms. The first-order valence-electron chi connectivity index (χ1n) is 18.6. The Hall–Kier alpha value is -5.25. The molecule has 1 unspecified atom stereocenters. The van der Waals surface area contributed by atoms with Crippen molar-refractivity contribution in [3.8, 4) is 5.69 Å². The van der Waals surface area contributed by atoms with Gasteiger partial charge in [0.2, 0.25) is 11.8 Å². The summed E-state index contributed by atoms with van der Waals surface area (Å²) in [5.74, 6) is -0.760. The van der Waals surface area contributed by atoms with Crippen molar-refractivity contribution >= 4 is 68.2 Å². The summed E-state index contributed by atoms with van der Waals surface area (Å²) in [6, 6.07) is 19.9. The van der Waals surface area contributed by atoms with E-state index in [0.29, 0.717) is 40.9 Å². The van der Waals surface area contributed by atoms with Crippen molar-refractivity contribution in [2.75, 3.05) is 35.2 Å². The van der Waals surface area contributed by atoms with Crippen LogP contribution in [0.15, 0.2) is 81.1 Å². The number of imide groups is 1. The van der Waals surface area contributed by atoms with Crippen molar-refractivity contribution in [1.29, 1.82) is 0 Å². The summed E-state index contributed by atoms with van der Waals surface area (Å²) in [5, 5.41) is 9.16. The predicted molar refractivity (Wildman–Crippen MR) is 219 cm³/mol. The normalized spacial score (nSPS) is 17.7. The number of amides is 2. The highest BCUT2D eigenvalue weighted by Crippen LogP contribution is 2.35. The van der Waals surface area contributed by atoms with Gasteiger partial charge in [0, 0.05) is 59.7 Å². The maximum Gasteiger partial charge on any atom is 0.336 e. The molecule has 3 N–H and O–H groups in total. The first-order chi connectivity index (χ1) is 26.5. The van der Waals surface area contributed by atoms with Gasteiger partial charge in [-0.15, -0.1) is 0 Å². The van der Waals surface area contributed by atoms with E-state index in [2.05, 4.69) is 33.0 Å². The second kappa shape index (κ2) is 14.8. The van der Waals surface area contributed by atoms with Crippen LogP contribution >= 0.6 is 22.6 Å². The van der Waals surface area contributed by atoms with Crippen LogP contribution < -0.4 is 37.7 Å². The number of nitrogens with zero attached hydrogens (tertiary/aromatic N) is 4. The number of hydrogen-bond donors (Lipinski definition) is 3. The Morgan fingerprint density at radius 1 is 0.873 bits per heavy atom. The van der Waals surface area contributed by atoms with Crippen LogP contribution in [0.2, 0.25) is 0 Å². The number of aromatic nitrogens is 3. The Kier molecular flexibility index (Phi) is 9.86. The Morgan fingerprint density at radius 2 is 1.62 bits per heavy atom. The third-order valence-electron chi connectivity index (χ3n) is 11.2. The molecule has 1 atom stereocenters. The van der Waals surface area contributed by atoms with Gasteiger partial charge in [0.1, 0.15) is 17.0 Å². The number of rotatable bonds is 9. The molecule has 3 aromatic carbocycles. The van der Waals surface area contributed by atoms with Gasteiger partial charge in [-0.2, -0.15) is 0 Å². The molecule has 3 fully saturated rings. The number of nitrogens with one attached hydrogen (secondary N) is 3. The molecule has 0 spiro atoms. The van der Waals surface area contributed by atoms with Gasteiger partial charge in [-0.05, 0) is 122 Å². The average Bonchev–Trinajstić information content (AvgIpc) is 4.01. The number of piperidine rings is 2. The maximum atomic E-state index is 15.1. The van der Waals surface area contributed by atoms with Gasteiger partial charge in [0.25, 0.3) is 11.1 Å². The van der Waals surface area contributed by atoms with Crippen LogP contribution in [0.5, 0.6) is 0 Å². The molecule has 1 saturated carbocycles. The molecule has 55 heavy (non-hydrogen) atoms. The molecule has 4 heterocycles. The fourth-order valence-electron chi connectivity index (χ4n) is 7.92. The van der Waals surface area contributed by atoms with Gasteiger partial charge in [-0.25, -0.2) is 9.18 Å². The number of hydrogen-bond acceptors (Lipinski definition) is 8. The standard InChI is InChI=1S/C41H41FIN7O5/c1-23-36-35(37(47(2)39(23)53)45-33-14-8-26(43)20-32(33)42)40(54)50(29-11-12-29)41(55)49(36)30-5-3-4-27(21-30)44-22-24-16-18-48(19-17-24)28-9-6-25(7-10-28)31-13-15-34(51)46-38(31)52/h3-10,14,20-21,24,29,31,44-45H,11-13,15-19,22H2,1-2H3,(H,46,51,52). The molecule has 0 bridgehead atoms. The minimum atomic E-state index is -0.533. The quantitative estimate of drug-likeness (QED) is 0.124. The second-order valence-electron chi connectivity index (χ2n) is 14.8. The number of aryl methyl sites for hydroxylation is 1. The number of benzene rings is 3. The number of fused-ring (bicyclic) bond motifs is 1. The van der Waals surface area contributed by atoms with Gasteiger partial charge in [0.15, 0.2) is 0 Å². The van der Waals surface area contributed by atoms with E-state index in [-0.39, 0.29) is 51.7 Å². The molecular formula is C41H41FIN7O5. The number of pyridine rings is 1. The van der Waals surface area contributed by atoms with Crippen molar-refractivity contribution < 1.29 is 14.0 Å². The van der Waals surface area contributed by atoms with E-state index in [9.17, 15) is 24.0 Å². The minimum absolute atomic E-state index is 0.107. The lowest BCUT2D eigenvalue weighted by Crippen LogP contribution is -2.41. The van der Waals surface area contributed by atoms with Crippen molar-refractivity contribution in [3.63, 3.8) is 0 Å². The first-order valence-corrected chi connectivity index (χ1v) is 19.7. The molecule has 2 aliphatic heterocycles. The highest BCUT2D eigenvalue weighted by Gasteiger charge is 2.32. The molecule has 2 saturated heterocycles. The summed E-state index contributed by atoms with van der Waals surface area (Å²) in [7, 11) is 1.53. The van der Waals surface area contributed by atoms with Crippen LogP contribution in [0.25, 0.3) is 16.6 Å². The van der Waals surface area contributed by atoms with E-state index < -0.39 is 22.6 Å². The van der Waals surface area contributed by atoms with E-state index in [4.69, 9.17) is 0 Å². The third-order valence-corrected chi connectivity index (χ3v) is 11.8. The molecule has 3 aliphatic rings. The van der Waals surface area contributed by atoms with E-state index >= 15 is 4.39 Å². The van der Waals surface area contributed by atoms with Crippen molar-refractivity contribution in [2.45, 2.75) is 57.4 Å². The maximum absolute atomic E-state index is 15.1. The average molecular weight is 858 g/mol. The zero-order valence-electron chi connectivity index (χ0n) is 30.5. The lowest BCUT2D eigenvalue weighted by Gasteiger charge is -2.34. The van der Waals surface area contributed by atoms with Gasteiger partial charge < -0.3 is 15.5 Å². The molecule has 2 amide bonds. The van der Waals surface area contributed by atoms with E-state index in [0.717, 1.165) is 49.4 Å². The zero-order chi connectivity index (χ0) is 38.5. The first kappa shape index (κ1) is 36.7. The Bertz CT molecular complexity index is 2530. The Morgan fingerprint density at radius 3 is 2.31 bits per heavy atom. The molecule has 8 rings (SSSR count). The van der Waals surface area contributed by atoms with Gasteiger partial charge in [0.05, 0.1) is 22.8 Å². The molecule has 1 aliphatic carbocycles. The smallest absolute Gasteiger partial charge is 0.336 e. The summed E-state index contributed by atoms with van der Waals surface area (Å²) in [6.07, 6.45) is 4.20. The van der Waals surface area contributed by atoms with Gasteiger partial charge in [-0.1, -0.05) is 18.2 Å². The van der Waals surface area contributed by atoms with E-state index in [1.54, 1.807) is 25.1 Å². The number of anilines is 4. The van der Waals surface area contributed by atoms with Crippen molar-refractivity contribution in [2.24, 2.45) is 13.0 Å². The van der Waals surface area contributed by atoms with Crippen LogP contribution in [0.4, 0.5) is 27.3 Å². The minimum Gasteiger partial charge on any atom is -0.385 e. The van der Waals surface area contributed by atoms with E-state index in [1.807, 2.05) is 52.9 Å². The fourth-order valence-corrected chi connectivity index (χ4v) is 8.37. The molecule has 0 radical (unpaired) electrons. The van der Waals surface area contributed by atoms with Crippen molar-refractivity contribution in [1.82, 2.24) is 19.0 Å². The van der Waals surface area contributed by atoms with Crippen LogP contribution in [0.1, 0.15) is 61.6 Å². The SMILES string of the molecule is Cc1c(=O)n(C)c(Nc2ccc(I)cc2F)c2c(=O)n(C3CC3)c(=O)n(-c3cccc(NCC4CCN(c5ccc(C6CCC(=O)NC6=O)cc5)CC4)c3)c12. The summed E-state index contributed by atoms with van der Waals surface area (Å²) in [5.41, 5.74) is 2.42. The number of carbonyl (C=O) groups excluding carboxylic acids is 2. The van der Waals surface area contributed by atoms with Crippen LogP contribution in [0.3, 0.4) is 0 Å². The number of halogens is 2. The molecule has 12 nitrogen and oxygen atoms in total. The van der Waals surface area contributed by atoms with Gasteiger partial charge in [-0.3, -0.25) is 38.2 Å². The van der Waals surface area contributed by atoms with Crippen molar-refractivity contribution in [3.05, 3.63) is 118 Å². The number of carbonyl (C=O) groups is 2. The van der Waals surface area contributed by atoms with Crippen LogP contribution in [-0.4, -0.2) is 45.1 Å². The van der Waals surface area contributed by atoms with Crippen LogP contribution in [-0.2, 0) is 16.6 Å². The monoisotopic (exact) mass is 857 g/mol. The Labute approximate surface area is 329 Å². The molecule has 5 aromatic rings. The molecule has 284 valence electrons. The zero-order valence-corrected chi connectivity index (χ0v) is 32.7. The largest absolute Gasteiger partial charge is 0.385 e. The summed E-state index contributed by atoms with van der Waals surface area (Å²) in [4.78, 5) is 68.4. The van der Waals surface area contributed by atoms with E-state index in [1.165, 1.54) is 26.8 Å². The lowest BCUT2D eigenvalue weighted by atomic mass is 9.90. The third kappa shape index (κ3) is 7.07. The molecular weight excluding hydrogens is 816 g/mol. The molecule has 2 aromatic heterocycles. The topological polar surface area (TPSA) is 139 Å². The highest BCUT2D eigenvalue weighted by molar-refractivity contribution is 14.1.